The second-order valence-corrected chi connectivity index (χ2v) is 11.3. The molecular weight excluding hydrogens is 542 g/mol. The number of hydrogen-bond acceptors (Lipinski definition) is 7. The van der Waals surface area contributed by atoms with Gasteiger partial charge in [0.2, 0.25) is 6.41 Å². The number of carbonyl (C=O) groups is 1. The van der Waals surface area contributed by atoms with Crippen molar-refractivity contribution in [1.29, 1.82) is 0 Å². The molecule has 37 heavy (non-hydrogen) atoms. The predicted octanol–water partition coefficient (Wildman–Crippen LogP) is 4.13. The van der Waals surface area contributed by atoms with Crippen molar-refractivity contribution in [3.05, 3.63) is 75.3 Å². The van der Waals surface area contributed by atoms with Gasteiger partial charge in [-0.3, -0.25) is 9.32 Å². The fraction of sp³-hybridized carbons (Fsp3) is 0.217. The van der Waals surface area contributed by atoms with Gasteiger partial charge in [-0.15, -0.1) is 22.7 Å². The summed E-state index contributed by atoms with van der Waals surface area (Å²) in [6.07, 6.45) is 2.12. The topological polar surface area (TPSA) is 159 Å². The van der Waals surface area contributed by atoms with Crippen LogP contribution < -0.4 is 5.73 Å². The van der Waals surface area contributed by atoms with Gasteiger partial charge in [0.25, 0.3) is 0 Å². The number of aromatic nitrogens is 2. The number of hydrogen-bond donors (Lipinski definition) is 5. The molecule has 14 heteroatoms. The number of amides is 1. The Labute approximate surface area is 220 Å². The van der Waals surface area contributed by atoms with Crippen molar-refractivity contribution in [3.8, 4) is 10.4 Å². The van der Waals surface area contributed by atoms with Crippen molar-refractivity contribution >= 4 is 47.8 Å². The number of aryl methyl sites for hydroxylation is 1. The molecule has 0 unspecified atom stereocenters. The van der Waals surface area contributed by atoms with Crippen molar-refractivity contribution in [2.24, 2.45) is 0 Å². The summed E-state index contributed by atoms with van der Waals surface area (Å²) in [5.74, 6) is 0.350. The molecule has 0 saturated heterocycles. The van der Waals surface area contributed by atoms with Gasteiger partial charge in [-0.1, -0.05) is 12.1 Å². The van der Waals surface area contributed by atoms with E-state index in [4.69, 9.17) is 15.5 Å². The van der Waals surface area contributed by atoms with Crippen LogP contribution in [0.4, 0.5) is 10.2 Å². The minimum atomic E-state index is -4.71. The second-order valence-electron chi connectivity index (χ2n) is 7.77. The summed E-state index contributed by atoms with van der Waals surface area (Å²) in [6, 6.07) is 9.48. The van der Waals surface area contributed by atoms with E-state index in [1.54, 1.807) is 38.1 Å². The Kier molecular flexibility index (Phi) is 9.85. The van der Waals surface area contributed by atoms with E-state index in [0.717, 1.165) is 10.4 Å². The Bertz CT molecular complexity index is 1370. The molecule has 0 saturated carbocycles. The SMILES string of the molecule is C/C(=C(CCOP(=O)(O)O)/[SH]=C(\O)c1ccc(-c2ccc(F)cc2)s1)N(C=O)Cc1cnc(C)nc1N. The largest absolute Gasteiger partial charge is 0.469 e. The molecule has 1 amide bonds. The van der Waals surface area contributed by atoms with Crippen molar-refractivity contribution in [1.82, 2.24) is 14.9 Å². The number of halogens is 1. The van der Waals surface area contributed by atoms with Crippen LogP contribution in [0, 0.1) is 12.7 Å². The Balaban J connectivity index is 1.93. The number of nitrogens with two attached hydrogens (primary N) is 1. The van der Waals surface area contributed by atoms with Crippen LogP contribution in [-0.4, -0.2) is 47.8 Å². The number of aliphatic hydroxyl groups excluding tert-OH is 1. The zero-order valence-electron chi connectivity index (χ0n) is 19.9. The molecule has 0 aliphatic rings. The molecule has 0 aliphatic carbocycles. The van der Waals surface area contributed by atoms with E-state index in [1.165, 1.54) is 34.6 Å². The third-order valence-electron chi connectivity index (χ3n) is 5.13. The molecule has 0 spiro atoms. The van der Waals surface area contributed by atoms with Gasteiger partial charge < -0.3 is 25.5 Å². The van der Waals surface area contributed by atoms with Crippen LogP contribution in [0.25, 0.3) is 10.4 Å². The molecular formula is C23H26FN4O6PS2. The second kappa shape index (κ2) is 12.7. The number of rotatable bonds is 11. The Morgan fingerprint density at radius 1 is 1.27 bits per heavy atom. The van der Waals surface area contributed by atoms with E-state index in [9.17, 15) is 18.9 Å². The van der Waals surface area contributed by atoms with Gasteiger partial charge >= 0.3 is 7.82 Å². The van der Waals surface area contributed by atoms with Gasteiger partial charge in [0.15, 0.2) is 0 Å². The van der Waals surface area contributed by atoms with Gasteiger partial charge in [-0.05, 0) is 43.7 Å². The van der Waals surface area contributed by atoms with Crippen LogP contribution in [-0.2, 0) is 20.4 Å². The maximum atomic E-state index is 13.3. The summed E-state index contributed by atoms with van der Waals surface area (Å²) < 4.78 is 29.0. The van der Waals surface area contributed by atoms with E-state index >= 15 is 0 Å². The van der Waals surface area contributed by atoms with E-state index < -0.39 is 7.82 Å². The first-order valence-corrected chi connectivity index (χ1v) is 14.0. The molecule has 0 fully saturated rings. The number of thiophene rings is 1. The average molecular weight is 569 g/mol. The van der Waals surface area contributed by atoms with E-state index in [-0.39, 0.29) is 36.3 Å². The third-order valence-corrected chi connectivity index (χ3v) is 8.21. The first-order valence-electron chi connectivity index (χ1n) is 10.8. The zero-order chi connectivity index (χ0) is 27.2. The van der Waals surface area contributed by atoms with Crippen molar-refractivity contribution in [2.75, 3.05) is 12.3 Å². The van der Waals surface area contributed by atoms with E-state index in [0.29, 0.717) is 44.6 Å². The summed E-state index contributed by atoms with van der Waals surface area (Å²) >= 11 is 1.60. The number of aliphatic hydroxyl groups is 1. The Morgan fingerprint density at radius 2 is 1.97 bits per heavy atom. The number of benzene rings is 1. The number of nitrogen functional groups attached to an aromatic ring is 1. The van der Waals surface area contributed by atoms with E-state index in [1.807, 2.05) is 0 Å². The van der Waals surface area contributed by atoms with Crippen molar-refractivity contribution in [3.63, 3.8) is 0 Å². The predicted molar refractivity (Wildman–Crippen MR) is 144 cm³/mol. The van der Waals surface area contributed by atoms with Crippen LogP contribution in [0.2, 0.25) is 0 Å². The maximum absolute atomic E-state index is 13.3. The molecule has 1 aromatic carbocycles. The molecule has 0 aliphatic heterocycles. The van der Waals surface area contributed by atoms with Crippen LogP contribution >= 0.6 is 30.5 Å². The first kappa shape index (κ1) is 28.8. The molecule has 3 rings (SSSR count). The van der Waals surface area contributed by atoms with Gasteiger partial charge in [-0.25, -0.2) is 18.9 Å². The molecule has 0 bridgehead atoms. The lowest BCUT2D eigenvalue weighted by atomic mass is 10.2. The number of thiol groups is 1. The minimum absolute atomic E-state index is 0.0168. The van der Waals surface area contributed by atoms with Crippen molar-refractivity contribution < 1.29 is 33.2 Å². The van der Waals surface area contributed by atoms with Crippen LogP contribution in [0.3, 0.4) is 0 Å². The number of phosphoric acid groups is 1. The monoisotopic (exact) mass is 568 g/mol. The highest BCUT2D eigenvalue weighted by molar-refractivity contribution is 8.02. The van der Waals surface area contributed by atoms with Crippen LogP contribution in [0.15, 0.2) is 53.2 Å². The zero-order valence-corrected chi connectivity index (χ0v) is 22.5. The molecule has 2 heterocycles. The molecule has 2 aromatic heterocycles. The summed E-state index contributed by atoms with van der Waals surface area (Å²) in [5, 5.41) is 10.9. The van der Waals surface area contributed by atoms with Gasteiger partial charge in [-0.2, -0.15) is 0 Å². The lowest BCUT2D eigenvalue weighted by Gasteiger charge is -2.22. The lowest BCUT2D eigenvalue weighted by molar-refractivity contribution is -0.116. The summed E-state index contributed by atoms with van der Waals surface area (Å²) in [5.41, 5.74) is 7.70. The average Bonchev–Trinajstić information content (AvgIpc) is 3.33. The highest BCUT2D eigenvalue weighted by atomic mass is 32.1. The summed E-state index contributed by atoms with van der Waals surface area (Å²) in [7, 11) is -4.71. The smallest absolute Gasteiger partial charge is 0.383 e. The molecule has 5 N–H and O–H groups in total. The molecule has 0 radical (unpaired) electrons. The fourth-order valence-corrected chi connectivity index (χ4v) is 5.60. The minimum Gasteiger partial charge on any atom is -0.383 e. The Morgan fingerprint density at radius 3 is 2.59 bits per heavy atom. The number of phosphoric ester groups is 1. The Hall–Kier alpha value is -2.77. The summed E-state index contributed by atoms with van der Waals surface area (Å²) in [6.45, 7) is 3.04. The number of allylic oxidation sites excluding steroid dienone is 1. The van der Waals surface area contributed by atoms with Gasteiger partial charge in [0, 0.05) is 33.7 Å². The van der Waals surface area contributed by atoms with Crippen LogP contribution in [0.1, 0.15) is 29.6 Å². The highest BCUT2D eigenvalue weighted by Crippen LogP contribution is 2.37. The molecule has 10 nitrogen and oxygen atoms in total. The number of nitrogens with zero attached hydrogens (tertiary/aromatic N) is 3. The number of carbonyl (C=O) groups excluding carboxylic acids is 1. The normalized spacial score (nSPS) is 13.1. The lowest BCUT2D eigenvalue weighted by Crippen LogP contribution is -2.22. The number of anilines is 1. The highest BCUT2D eigenvalue weighted by Gasteiger charge is 2.17. The standard InChI is InChI=1S/C23H26FN4O6PS2/c1-14(28(13-29)12-17-11-26-15(2)27-22(17)25)19(9-10-34-35(31,32)33)37-23(30)21-8-7-20(36-21)16-3-5-18(24)6-4-16/h3-8,11,13,30,37H,9-10,12H2,1-2H3,(H2,25,26,27)(H2,31,32,33)/b19-14-. The third kappa shape index (κ3) is 8.37. The van der Waals surface area contributed by atoms with Gasteiger partial charge in [0.05, 0.1) is 18.0 Å². The maximum Gasteiger partial charge on any atom is 0.469 e. The van der Waals surface area contributed by atoms with Crippen LogP contribution in [0.5, 0.6) is 0 Å². The van der Waals surface area contributed by atoms with E-state index in [2.05, 4.69) is 14.5 Å². The van der Waals surface area contributed by atoms with Crippen molar-refractivity contribution in [2.45, 2.75) is 26.8 Å². The fourth-order valence-electron chi connectivity index (χ4n) is 3.21. The molecule has 0 atom stereocenters. The van der Waals surface area contributed by atoms with Gasteiger partial charge in [0.1, 0.15) is 22.5 Å². The summed E-state index contributed by atoms with van der Waals surface area (Å²) in [4.78, 5) is 41.5. The quantitative estimate of drug-likeness (QED) is 0.0992. The molecule has 3 aromatic rings. The first-order chi connectivity index (χ1) is 17.5. The molecule has 198 valence electrons.